The summed E-state index contributed by atoms with van der Waals surface area (Å²) in [4.78, 5) is 33.7. The van der Waals surface area contributed by atoms with E-state index in [2.05, 4.69) is 42.7 Å². The van der Waals surface area contributed by atoms with Crippen molar-refractivity contribution in [3.63, 3.8) is 0 Å². The summed E-state index contributed by atoms with van der Waals surface area (Å²) in [6.45, 7) is 7.56. The third kappa shape index (κ3) is 5.49. The van der Waals surface area contributed by atoms with Crippen LogP contribution in [0.2, 0.25) is 0 Å². The number of piperidine rings is 1. The van der Waals surface area contributed by atoms with Crippen LogP contribution in [-0.4, -0.2) is 74.4 Å². The lowest BCUT2D eigenvalue weighted by Gasteiger charge is -2.56. The van der Waals surface area contributed by atoms with Gasteiger partial charge in [-0.3, -0.25) is 14.7 Å². The summed E-state index contributed by atoms with van der Waals surface area (Å²) in [5.41, 5.74) is 1.02. The molecule has 2 N–H and O–H groups in total. The zero-order chi connectivity index (χ0) is 26.9. The summed E-state index contributed by atoms with van der Waals surface area (Å²) >= 11 is 0. The van der Waals surface area contributed by atoms with Crippen molar-refractivity contribution in [2.24, 2.45) is 0 Å². The normalized spacial score (nSPS) is 18.8. The first-order chi connectivity index (χ1) is 18.2. The Kier molecular flexibility index (Phi) is 7.06. The molecule has 3 aliphatic rings. The van der Waals surface area contributed by atoms with Gasteiger partial charge in [0.05, 0.1) is 18.4 Å². The van der Waals surface area contributed by atoms with E-state index in [-0.39, 0.29) is 18.2 Å². The lowest BCUT2D eigenvalue weighted by atomic mass is 9.87. The van der Waals surface area contributed by atoms with E-state index in [1.807, 2.05) is 24.4 Å². The minimum atomic E-state index is -1.07. The van der Waals surface area contributed by atoms with Crippen molar-refractivity contribution < 1.29 is 14.6 Å². The van der Waals surface area contributed by atoms with Crippen LogP contribution in [0.3, 0.4) is 0 Å². The van der Waals surface area contributed by atoms with E-state index < -0.39 is 11.2 Å². The van der Waals surface area contributed by atoms with Gasteiger partial charge in [-0.05, 0) is 44.9 Å². The molecule has 6 rings (SSSR count). The fourth-order valence-electron chi connectivity index (χ4n) is 4.90. The van der Waals surface area contributed by atoms with Crippen LogP contribution in [0.15, 0.2) is 41.5 Å². The molecule has 0 spiro atoms. The highest BCUT2D eigenvalue weighted by Crippen LogP contribution is 2.35. The summed E-state index contributed by atoms with van der Waals surface area (Å²) < 4.78 is 10.7. The highest BCUT2D eigenvalue weighted by molar-refractivity contribution is 5.67. The summed E-state index contributed by atoms with van der Waals surface area (Å²) in [6.07, 6.45) is 4.78. The molecule has 10 heteroatoms. The van der Waals surface area contributed by atoms with E-state index in [0.29, 0.717) is 29.2 Å². The van der Waals surface area contributed by atoms with Gasteiger partial charge < -0.3 is 19.5 Å². The summed E-state index contributed by atoms with van der Waals surface area (Å²) in [5.74, 6) is 7.14. The summed E-state index contributed by atoms with van der Waals surface area (Å²) in [7, 11) is 1.62. The fourth-order valence-corrected chi connectivity index (χ4v) is 4.90. The second-order valence-electron chi connectivity index (χ2n) is 10.3. The molecule has 3 fully saturated rings. The maximum Gasteiger partial charge on any atom is 0.297 e. The number of nitrogens with one attached hydrogen (secondary N) is 1. The van der Waals surface area contributed by atoms with Crippen molar-refractivity contribution in [3.8, 4) is 35.0 Å². The second kappa shape index (κ2) is 10.4. The number of piperazine rings is 1. The maximum atomic E-state index is 12.7. The minimum absolute atomic E-state index is 0.0192. The molecule has 2 unspecified atom stereocenters. The van der Waals surface area contributed by atoms with E-state index in [1.54, 1.807) is 34.1 Å². The first kappa shape index (κ1) is 25.7. The fraction of sp³-hybridized carbons (Fsp3) is 0.429. The molecule has 3 aromatic rings. The Hall–Kier alpha value is -3.94. The number of pyridine rings is 2. The van der Waals surface area contributed by atoms with Gasteiger partial charge in [0.2, 0.25) is 5.88 Å². The zero-order valence-corrected chi connectivity index (χ0v) is 22.1. The van der Waals surface area contributed by atoms with Crippen molar-refractivity contribution in [2.75, 3.05) is 31.7 Å². The van der Waals surface area contributed by atoms with E-state index in [0.717, 1.165) is 25.5 Å². The molecule has 3 aliphatic heterocycles. The van der Waals surface area contributed by atoms with Gasteiger partial charge in [0.25, 0.3) is 11.6 Å². The number of aromatic nitrogens is 4. The number of anilines is 1. The van der Waals surface area contributed by atoms with Gasteiger partial charge in [-0.25, -0.2) is 9.97 Å². The molecule has 2 atom stereocenters. The molecule has 0 aromatic carbocycles. The number of nitrogens with zero attached hydrogens (tertiary/aromatic N) is 5. The first-order valence-electron chi connectivity index (χ1n) is 12.6. The average Bonchev–Trinajstić information content (AvgIpc) is 2.92. The van der Waals surface area contributed by atoms with E-state index in [9.17, 15) is 9.90 Å². The Bertz CT molecular complexity index is 1390. The molecule has 38 heavy (non-hydrogen) atoms. The van der Waals surface area contributed by atoms with Crippen molar-refractivity contribution in [2.45, 2.75) is 51.4 Å². The van der Waals surface area contributed by atoms with Gasteiger partial charge in [-0.15, -0.1) is 5.92 Å². The predicted molar refractivity (Wildman–Crippen MR) is 143 cm³/mol. The average molecular weight is 517 g/mol. The number of aromatic amines is 1. The third-order valence-corrected chi connectivity index (χ3v) is 6.77. The molecule has 2 bridgehead atoms. The molecular weight excluding hydrogens is 484 g/mol. The van der Waals surface area contributed by atoms with Gasteiger partial charge >= 0.3 is 0 Å². The van der Waals surface area contributed by atoms with Crippen LogP contribution in [-0.2, 0) is 6.54 Å². The summed E-state index contributed by atoms with van der Waals surface area (Å²) in [6, 6.07) is 8.80. The molecule has 10 nitrogen and oxygen atoms in total. The Morgan fingerprint density at radius 2 is 1.95 bits per heavy atom. The SMILES string of the molecule is CC#Cc1c(-c2ccc(N3CC4CC(C3)N4Cc3ccc(OC)nc3)nc2)nc(OCC(C)(C)O)[nH]c1=O. The number of fused-ring (bicyclic) bond motifs is 2. The molecule has 0 saturated carbocycles. The number of H-pyrrole nitrogens is 1. The van der Waals surface area contributed by atoms with E-state index in [1.165, 1.54) is 12.0 Å². The number of rotatable bonds is 8. The number of ether oxygens (including phenoxy) is 2. The molecular formula is C28H32N6O4. The van der Waals surface area contributed by atoms with Crippen molar-refractivity contribution in [1.82, 2.24) is 24.8 Å². The summed E-state index contributed by atoms with van der Waals surface area (Å²) in [5, 5.41) is 9.97. The molecule has 198 valence electrons. The monoisotopic (exact) mass is 516 g/mol. The van der Waals surface area contributed by atoms with Crippen LogP contribution < -0.4 is 19.9 Å². The van der Waals surface area contributed by atoms with Crippen molar-refractivity contribution >= 4 is 5.82 Å². The Morgan fingerprint density at radius 1 is 1.16 bits per heavy atom. The molecule has 0 radical (unpaired) electrons. The Labute approximate surface area is 221 Å². The van der Waals surface area contributed by atoms with Crippen LogP contribution in [0.5, 0.6) is 11.9 Å². The second-order valence-corrected chi connectivity index (χ2v) is 10.3. The quantitative estimate of drug-likeness (QED) is 0.435. The third-order valence-electron chi connectivity index (χ3n) is 6.77. The lowest BCUT2D eigenvalue weighted by molar-refractivity contribution is -0.00876. The molecule has 6 heterocycles. The van der Waals surface area contributed by atoms with Gasteiger partial charge in [0, 0.05) is 55.7 Å². The molecule has 3 saturated heterocycles. The van der Waals surface area contributed by atoms with Gasteiger partial charge in [0.1, 0.15) is 18.0 Å². The van der Waals surface area contributed by atoms with Crippen molar-refractivity contribution in [3.05, 3.63) is 58.1 Å². The number of aliphatic hydroxyl groups is 1. The maximum absolute atomic E-state index is 12.7. The van der Waals surface area contributed by atoms with Gasteiger partial charge in [-0.2, -0.15) is 4.98 Å². The largest absolute Gasteiger partial charge is 0.481 e. The van der Waals surface area contributed by atoms with Crippen LogP contribution in [0, 0.1) is 11.8 Å². The zero-order valence-electron chi connectivity index (χ0n) is 22.1. The highest BCUT2D eigenvalue weighted by atomic mass is 16.5. The van der Waals surface area contributed by atoms with Crippen LogP contribution >= 0.6 is 0 Å². The Balaban J connectivity index is 1.30. The predicted octanol–water partition coefficient (Wildman–Crippen LogP) is 2.22. The van der Waals surface area contributed by atoms with Crippen LogP contribution in [0.4, 0.5) is 5.82 Å². The molecule has 0 amide bonds. The number of hydrogen-bond donors (Lipinski definition) is 2. The van der Waals surface area contributed by atoms with Crippen LogP contribution in [0.25, 0.3) is 11.3 Å². The highest BCUT2D eigenvalue weighted by Gasteiger charge is 2.44. The Morgan fingerprint density at radius 3 is 2.55 bits per heavy atom. The topological polar surface area (TPSA) is 117 Å². The molecule has 0 aliphatic carbocycles. The smallest absolute Gasteiger partial charge is 0.297 e. The van der Waals surface area contributed by atoms with Crippen LogP contribution in [0.1, 0.15) is 38.3 Å². The molecule has 3 aromatic heterocycles. The minimum Gasteiger partial charge on any atom is -0.481 e. The van der Waals surface area contributed by atoms with Crippen molar-refractivity contribution in [1.29, 1.82) is 0 Å². The number of hydrogen-bond acceptors (Lipinski definition) is 9. The first-order valence-corrected chi connectivity index (χ1v) is 12.6. The lowest BCUT2D eigenvalue weighted by Crippen LogP contribution is -2.68. The van der Waals surface area contributed by atoms with Gasteiger partial charge in [-0.1, -0.05) is 12.0 Å². The standard InChI is InChI=1S/C28H32N6O4/c1-5-6-22-25(31-27(32-26(22)35)38-17-28(2,3)36)19-8-9-23(29-13-19)33-15-20-11-21(16-33)34(20)14-18-7-10-24(37-4)30-12-18/h7-10,12-13,20-21,36H,11,14-17H2,1-4H3,(H,31,32,35). The van der Waals surface area contributed by atoms with Gasteiger partial charge in [0.15, 0.2) is 0 Å². The van der Waals surface area contributed by atoms with E-state index >= 15 is 0 Å². The number of methoxy groups -OCH3 is 1. The van der Waals surface area contributed by atoms with E-state index in [4.69, 9.17) is 14.5 Å².